The fourth-order valence-electron chi connectivity index (χ4n) is 0.901. The minimum atomic E-state index is 0.511. The van der Waals surface area contributed by atoms with Crippen LogP contribution in [0.15, 0.2) is 10.8 Å². The molecule has 68 valence electrons. The first-order valence-corrected chi connectivity index (χ1v) is 4.80. The quantitative estimate of drug-likeness (QED) is 0.859. The van der Waals surface area contributed by atoms with Crippen LogP contribution >= 0.6 is 15.9 Å². The van der Waals surface area contributed by atoms with E-state index in [-0.39, 0.29) is 0 Å². The minimum absolute atomic E-state index is 0.511. The molecule has 1 aromatic heterocycles. The van der Waals surface area contributed by atoms with Gasteiger partial charge < -0.3 is 5.32 Å². The van der Waals surface area contributed by atoms with Crippen LogP contribution in [0.1, 0.15) is 19.4 Å². The Morgan fingerprint density at radius 3 is 2.75 bits per heavy atom. The maximum absolute atomic E-state index is 4.12. The Morgan fingerprint density at radius 2 is 2.33 bits per heavy atom. The van der Waals surface area contributed by atoms with Crippen molar-refractivity contribution in [3.8, 4) is 0 Å². The normalized spacial score (nSPS) is 11.1. The summed E-state index contributed by atoms with van der Waals surface area (Å²) in [6.07, 6.45) is 1.87. The molecule has 1 aromatic rings. The van der Waals surface area contributed by atoms with Crippen LogP contribution in [0.4, 0.5) is 0 Å². The Balaban J connectivity index is 2.58. The summed E-state index contributed by atoms with van der Waals surface area (Å²) in [5.41, 5.74) is 1.20. The molecule has 1 N–H and O–H groups in total. The van der Waals surface area contributed by atoms with Gasteiger partial charge in [0.2, 0.25) is 0 Å². The van der Waals surface area contributed by atoms with Gasteiger partial charge in [0.25, 0.3) is 0 Å². The van der Waals surface area contributed by atoms with Crippen molar-refractivity contribution in [1.82, 2.24) is 15.1 Å². The van der Waals surface area contributed by atoms with Crippen molar-refractivity contribution < 1.29 is 0 Å². The molecule has 0 amide bonds. The maximum Gasteiger partial charge on any atom is 0.108 e. The third-order valence-corrected chi connectivity index (χ3v) is 2.66. The molecule has 0 saturated heterocycles. The molecule has 1 heterocycles. The lowest BCUT2D eigenvalue weighted by Gasteiger charge is -2.06. The lowest BCUT2D eigenvalue weighted by Crippen LogP contribution is -2.21. The molecule has 4 heteroatoms. The Labute approximate surface area is 81.3 Å². The van der Waals surface area contributed by atoms with Crippen LogP contribution in [0.2, 0.25) is 0 Å². The first-order valence-electron chi connectivity index (χ1n) is 4.01. The van der Waals surface area contributed by atoms with E-state index in [4.69, 9.17) is 0 Å². The van der Waals surface area contributed by atoms with Crippen molar-refractivity contribution in [3.63, 3.8) is 0 Å². The van der Waals surface area contributed by atoms with Crippen LogP contribution in [0.3, 0.4) is 0 Å². The van der Waals surface area contributed by atoms with Gasteiger partial charge >= 0.3 is 0 Å². The summed E-state index contributed by atoms with van der Waals surface area (Å²) in [6, 6.07) is 0.511. The van der Waals surface area contributed by atoms with Gasteiger partial charge in [0.1, 0.15) is 4.60 Å². The van der Waals surface area contributed by atoms with Gasteiger partial charge in [-0.25, -0.2) is 0 Å². The first-order chi connectivity index (χ1) is 5.61. The number of halogens is 1. The fraction of sp³-hybridized carbons (Fsp3) is 0.625. The van der Waals surface area contributed by atoms with Gasteiger partial charge in [0.15, 0.2) is 0 Å². The number of nitrogens with one attached hydrogen (secondary N) is 1. The predicted octanol–water partition coefficient (Wildman–Crippen LogP) is 1.68. The standard InChI is InChI=1S/C8H14BrN3/c1-6(2)10-4-7-5-11-12(3)8(7)9/h5-6,10H,4H2,1-3H3. The van der Waals surface area contributed by atoms with Gasteiger partial charge in [0, 0.05) is 25.2 Å². The first kappa shape index (κ1) is 9.74. The predicted molar refractivity (Wildman–Crippen MR) is 52.9 cm³/mol. The van der Waals surface area contributed by atoms with Crippen LogP contribution < -0.4 is 5.32 Å². The number of hydrogen-bond donors (Lipinski definition) is 1. The molecule has 0 radical (unpaired) electrons. The Hall–Kier alpha value is -0.350. The average molecular weight is 232 g/mol. The largest absolute Gasteiger partial charge is 0.310 e. The minimum Gasteiger partial charge on any atom is -0.310 e. The van der Waals surface area contributed by atoms with E-state index < -0.39 is 0 Å². The number of rotatable bonds is 3. The molecular weight excluding hydrogens is 218 g/mol. The molecule has 0 aliphatic carbocycles. The molecule has 0 spiro atoms. The second-order valence-corrected chi connectivity index (χ2v) is 3.87. The van der Waals surface area contributed by atoms with Crippen LogP contribution in [-0.4, -0.2) is 15.8 Å². The summed E-state index contributed by atoms with van der Waals surface area (Å²) in [4.78, 5) is 0. The SMILES string of the molecule is CC(C)NCc1cnn(C)c1Br. The molecule has 0 atom stereocenters. The van der Waals surface area contributed by atoms with Crippen molar-refractivity contribution in [1.29, 1.82) is 0 Å². The van der Waals surface area contributed by atoms with Gasteiger partial charge in [-0.1, -0.05) is 13.8 Å². The molecule has 3 nitrogen and oxygen atoms in total. The van der Waals surface area contributed by atoms with E-state index in [0.29, 0.717) is 6.04 Å². The van der Waals surface area contributed by atoms with E-state index in [9.17, 15) is 0 Å². The smallest absolute Gasteiger partial charge is 0.108 e. The van der Waals surface area contributed by atoms with Crippen molar-refractivity contribution >= 4 is 15.9 Å². The van der Waals surface area contributed by atoms with E-state index >= 15 is 0 Å². The topological polar surface area (TPSA) is 29.9 Å². The third kappa shape index (κ3) is 2.32. The van der Waals surface area contributed by atoms with E-state index in [1.54, 1.807) is 0 Å². The van der Waals surface area contributed by atoms with E-state index in [1.165, 1.54) is 5.56 Å². The molecule has 0 aliphatic rings. The molecule has 0 fully saturated rings. The van der Waals surface area contributed by atoms with Crippen molar-refractivity contribution in [3.05, 3.63) is 16.4 Å². The van der Waals surface area contributed by atoms with E-state index in [2.05, 4.69) is 40.2 Å². The van der Waals surface area contributed by atoms with Gasteiger partial charge in [-0.15, -0.1) is 0 Å². The molecule has 1 rings (SSSR count). The highest BCUT2D eigenvalue weighted by molar-refractivity contribution is 9.10. The molecule has 0 aliphatic heterocycles. The highest BCUT2D eigenvalue weighted by Crippen LogP contribution is 2.14. The Kier molecular flexibility index (Phi) is 3.29. The lowest BCUT2D eigenvalue weighted by molar-refractivity contribution is 0.587. The van der Waals surface area contributed by atoms with Gasteiger partial charge in [-0.2, -0.15) is 5.10 Å². The van der Waals surface area contributed by atoms with Crippen LogP contribution in [0.5, 0.6) is 0 Å². The molecule has 0 saturated carbocycles. The Morgan fingerprint density at radius 1 is 1.67 bits per heavy atom. The maximum atomic E-state index is 4.12. The van der Waals surface area contributed by atoms with Crippen LogP contribution in [0, 0.1) is 0 Å². The number of hydrogen-bond acceptors (Lipinski definition) is 2. The van der Waals surface area contributed by atoms with Gasteiger partial charge in [-0.05, 0) is 15.9 Å². The fourth-order valence-corrected chi connectivity index (χ4v) is 1.23. The van der Waals surface area contributed by atoms with Crippen molar-refractivity contribution in [2.75, 3.05) is 0 Å². The Bertz CT molecular complexity index is 255. The summed E-state index contributed by atoms with van der Waals surface area (Å²) in [6.45, 7) is 5.13. The zero-order chi connectivity index (χ0) is 9.14. The zero-order valence-corrected chi connectivity index (χ0v) is 9.22. The van der Waals surface area contributed by atoms with Gasteiger partial charge in [0.05, 0.1) is 6.20 Å². The number of aryl methyl sites for hydroxylation is 1. The molecule has 12 heavy (non-hydrogen) atoms. The summed E-state index contributed by atoms with van der Waals surface area (Å²) in [7, 11) is 1.92. The third-order valence-electron chi connectivity index (χ3n) is 1.64. The monoisotopic (exact) mass is 231 g/mol. The highest BCUT2D eigenvalue weighted by Gasteiger charge is 2.04. The lowest BCUT2D eigenvalue weighted by atomic mass is 10.3. The summed E-state index contributed by atoms with van der Waals surface area (Å²) in [5.74, 6) is 0. The summed E-state index contributed by atoms with van der Waals surface area (Å²) in [5, 5.41) is 7.46. The molecule has 0 bridgehead atoms. The number of nitrogens with zero attached hydrogens (tertiary/aromatic N) is 2. The molecular formula is C8H14BrN3. The molecule has 0 aromatic carbocycles. The van der Waals surface area contributed by atoms with Crippen molar-refractivity contribution in [2.24, 2.45) is 7.05 Å². The zero-order valence-electron chi connectivity index (χ0n) is 7.63. The highest BCUT2D eigenvalue weighted by atomic mass is 79.9. The van der Waals surface area contributed by atoms with Gasteiger partial charge in [-0.3, -0.25) is 4.68 Å². The molecule has 0 unspecified atom stereocenters. The van der Waals surface area contributed by atoms with Crippen LogP contribution in [-0.2, 0) is 13.6 Å². The summed E-state index contributed by atoms with van der Waals surface area (Å²) >= 11 is 3.46. The summed E-state index contributed by atoms with van der Waals surface area (Å²) < 4.78 is 2.87. The second-order valence-electron chi connectivity index (χ2n) is 3.12. The van der Waals surface area contributed by atoms with E-state index in [0.717, 1.165) is 11.1 Å². The van der Waals surface area contributed by atoms with Crippen LogP contribution in [0.25, 0.3) is 0 Å². The number of aromatic nitrogens is 2. The second kappa shape index (κ2) is 4.05. The van der Waals surface area contributed by atoms with E-state index in [1.807, 2.05) is 17.9 Å². The van der Waals surface area contributed by atoms with Crippen molar-refractivity contribution in [2.45, 2.75) is 26.4 Å². The average Bonchev–Trinajstić information content (AvgIpc) is 2.30.